The zero-order chi connectivity index (χ0) is 6.97. The van der Waals surface area contributed by atoms with Crippen molar-refractivity contribution in [2.45, 2.75) is 13.0 Å². The third kappa shape index (κ3) is 0.689. The van der Waals surface area contributed by atoms with Gasteiger partial charge in [-0.25, -0.2) is 0 Å². The Morgan fingerprint density at radius 1 is 1.70 bits per heavy atom. The Morgan fingerprint density at radius 2 is 2.60 bits per heavy atom. The number of nitrogens with zero attached hydrogens (tertiary/aromatic N) is 1. The molecule has 1 aliphatic heterocycles. The van der Waals surface area contributed by atoms with Crippen LogP contribution in [0.5, 0.6) is 0 Å². The van der Waals surface area contributed by atoms with Gasteiger partial charge in [-0.15, -0.1) is 0 Å². The van der Waals surface area contributed by atoms with Crippen LogP contribution in [0.15, 0.2) is 6.20 Å². The van der Waals surface area contributed by atoms with E-state index in [0.29, 0.717) is 13.0 Å². The van der Waals surface area contributed by atoms with Gasteiger partial charge in [-0.2, -0.15) is 5.10 Å². The first-order valence-electron chi connectivity index (χ1n) is 3.03. The van der Waals surface area contributed by atoms with Gasteiger partial charge in [0.1, 0.15) is 6.61 Å². The second kappa shape index (κ2) is 1.83. The fraction of sp³-hybridized carbons (Fsp3) is 0.333. The number of H-pyrrole nitrogens is 1. The summed E-state index contributed by atoms with van der Waals surface area (Å²) in [5.74, 6) is -0.172. The van der Waals surface area contributed by atoms with Crippen LogP contribution in [-0.4, -0.2) is 16.2 Å². The van der Waals surface area contributed by atoms with Crippen molar-refractivity contribution < 1.29 is 9.53 Å². The van der Waals surface area contributed by atoms with Gasteiger partial charge in [-0.1, -0.05) is 0 Å². The normalized spacial score (nSPS) is 16.2. The van der Waals surface area contributed by atoms with Gasteiger partial charge in [-0.05, 0) is 0 Å². The first-order valence-corrected chi connectivity index (χ1v) is 3.03. The molecule has 1 aromatic rings. The summed E-state index contributed by atoms with van der Waals surface area (Å²) in [5, 5.41) is 6.53. The molecule has 0 saturated carbocycles. The number of aromatic amines is 1. The van der Waals surface area contributed by atoms with Crippen LogP contribution in [0.1, 0.15) is 11.3 Å². The maximum Gasteiger partial charge on any atom is 0.310 e. The Morgan fingerprint density at radius 3 is 3.50 bits per heavy atom. The van der Waals surface area contributed by atoms with Gasteiger partial charge < -0.3 is 4.74 Å². The summed E-state index contributed by atoms with van der Waals surface area (Å²) in [6.07, 6.45) is 2.02. The number of hydrogen-bond donors (Lipinski definition) is 1. The van der Waals surface area contributed by atoms with Crippen molar-refractivity contribution >= 4 is 5.97 Å². The number of fused-ring (bicyclic) bond motifs is 1. The van der Waals surface area contributed by atoms with Crippen LogP contribution >= 0.6 is 0 Å². The Bertz CT molecular complexity index is 266. The SMILES string of the molecule is O=C1Cc2cn[nH]c2CO1. The molecule has 4 nitrogen and oxygen atoms in total. The van der Waals surface area contributed by atoms with Crippen LogP contribution in [0.3, 0.4) is 0 Å². The zero-order valence-electron chi connectivity index (χ0n) is 5.26. The van der Waals surface area contributed by atoms with Crippen LogP contribution in [0, 0.1) is 0 Å². The molecule has 4 heteroatoms. The Balaban J connectivity index is 2.39. The molecule has 2 heterocycles. The van der Waals surface area contributed by atoms with Crippen LogP contribution in [0.4, 0.5) is 0 Å². The number of carbonyl (C=O) groups is 1. The number of esters is 1. The van der Waals surface area contributed by atoms with Gasteiger partial charge in [0.15, 0.2) is 0 Å². The van der Waals surface area contributed by atoms with Crippen molar-refractivity contribution in [1.29, 1.82) is 0 Å². The Kier molecular flexibility index (Phi) is 1.00. The van der Waals surface area contributed by atoms with Gasteiger partial charge in [0.2, 0.25) is 0 Å². The molecular weight excluding hydrogens is 132 g/mol. The van der Waals surface area contributed by atoms with Crippen LogP contribution in [0.2, 0.25) is 0 Å². The molecule has 1 aromatic heterocycles. The maximum atomic E-state index is 10.7. The lowest BCUT2D eigenvalue weighted by Gasteiger charge is -2.09. The highest BCUT2D eigenvalue weighted by atomic mass is 16.5. The van der Waals surface area contributed by atoms with E-state index in [1.165, 1.54) is 0 Å². The molecule has 0 aliphatic carbocycles. The van der Waals surface area contributed by atoms with E-state index >= 15 is 0 Å². The predicted molar refractivity (Wildman–Crippen MR) is 32.1 cm³/mol. The molecule has 1 N–H and O–H groups in total. The summed E-state index contributed by atoms with van der Waals surface area (Å²) in [4.78, 5) is 10.7. The quantitative estimate of drug-likeness (QED) is 0.514. The van der Waals surface area contributed by atoms with Crippen LogP contribution < -0.4 is 0 Å². The molecule has 0 saturated heterocycles. The highest BCUT2D eigenvalue weighted by Gasteiger charge is 2.17. The average Bonchev–Trinajstić information content (AvgIpc) is 2.33. The second-order valence-corrected chi connectivity index (χ2v) is 2.21. The van der Waals surface area contributed by atoms with Crippen LogP contribution in [0.25, 0.3) is 0 Å². The van der Waals surface area contributed by atoms with Gasteiger partial charge in [0, 0.05) is 5.56 Å². The largest absolute Gasteiger partial charge is 0.459 e. The van der Waals surface area contributed by atoms with E-state index in [0.717, 1.165) is 11.3 Å². The van der Waals surface area contributed by atoms with E-state index in [9.17, 15) is 4.79 Å². The van der Waals surface area contributed by atoms with E-state index in [1.54, 1.807) is 6.20 Å². The molecule has 10 heavy (non-hydrogen) atoms. The lowest BCUT2D eigenvalue weighted by atomic mass is 10.1. The minimum atomic E-state index is -0.172. The number of aromatic nitrogens is 2. The van der Waals surface area contributed by atoms with Crippen molar-refractivity contribution in [3.8, 4) is 0 Å². The van der Waals surface area contributed by atoms with Crippen molar-refractivity contribution in [2.24, 2.45) is 0 Å². The van der Waals surface area contributed by atoms with E-state index in [2.05, 4.69) is 10.2 Å². The summed E-state index contributed by atoms with van der Waals surface area (Å²) in [6, 6.07) is 0. The summed E-state index contributed by atoms with van der Waals surface area (Å²) in [5.41, 5.74) is 1.87. The first kappa shape index (κ1) is 5.46. The third-order valence-corrected chi connectivity index (χ3v) is 1.52. The molecule has 0 spiro atoms. The minimum Gasteiger partial charge on any atom is -0.459 e. The maximum absolute atomic E-state index is 10.7. The fourth-order valence-electron chi connectivity index (χ4n) is 0.974. The molecule has 52 valence electrons. The molecular formula is C6H6N2O2. The molecule has 2 rings (SSSR count). The predicted octanol–water partition coefficient (Wildman–Crippen LogP) is 0.00900. The van der Waals surface area contributed by atoms with Gasteiger partial charge in [-0.3, -0.25) is 9.89 Å². The standard InChI is InChI=1S/C6H6N2O2/c9-6-1-4-2-7-8-5(4)3-10-6/h2H,1,3H2,(H,7,8). The van der Waals surface area contributed by atoms with Crippen molar-refractivity contribution in [3.05, 3.63) is 17.5 Å². The summed E-state index contributed by atoms with van der Waals surface area (Å²) in [6.45, 7) is 0.341. The van der Waals surface area contributed by atoms with Gasteiger partial charge in [0.05, 0.1) is 18.3 Å². The van der Waals surface area contributed by atoms with Crippen molar-refractivity contribution in [2.75, 3.05) is 0 Å². The number of ether oxygens (including phenoxy) is 1. The van der Waals surface area contributed by atoms with Crippen molar-refractivity contribution in [3.63, 3.8) is 0 Å². The fourth-order valence-corrected chi connectivity index (χ4v) is 0.974. The minimum absolute atomic E-state index is 0.172. The average molecular weight is 138 g/mol. The molecule has 0 bridgehead atoms. The summed E-state index contributed by atoms with van der Waals surface area (Å²) in [7, 11) is 0. The first-order chi connectivity index (χ1) is 4.86. The number of cyclic esters (lactones) is 1. The second-order valence-electron chi connectivity index (χ2n) is 2.21. The molecule has 0 aromatic carbocycles. The van der Waals surface area contributed by atoms with Gasteiger partial charge in [0.25, 0.3) is 0 Å². The number of nitrogens with one attached hydrogen (secondary N) is 1. The van der Waals surface area contributed by atoms with E-state index in [4.69, 9.17) is 4.74 Å². The monoisotopic (exact) mass is 138 g/mol. The number of rotatable bonds is 0. The molecule has 0 unspecified atom stereocenters. The molecule has 0 radical (unpaired) electrons. The lowest BCUT2D eigenvalue weighted by molar-refractivity contribution is -0.145. The highest BCUT2D eigenvalue weighted by molar-refractivity contribution is 5.74. The summed E-state index contributed by atoms with van der Waals surface area (Å²) < 4.78 is 4.75. The highest BCUT2D eigenvalue weighted by Crippen LogP contribution is 2.12. The number of carbonyl (C=O) groups excluding carboxylic acids is 1. The number of hydrogen-bond acceptors (Lipinski definition) is 3. The Hall–Kier alpha value is -1.32. The van der Waals surface area contributed by atoms with E-state index in [-0.39, 0.29) is 5.97 Å². The molecule has 0 amide bonds. The van der Waals surface area contributed by atoms with E-state index < -0.39 is 0 Å². The zero-order valence-corrected chi connectivity index (χ0v) is 5.26. The molecule has 0 atom stereocenters. The Labute approximate surface area is 57.2 Å². The lowest BCUT2D eigenvalue weighted by Crippen LogP contribution is -2.14. The van der Waals surface area contributed by atoms with Crippen LogP contribution in [-0.2, 0) is 22.6 Å². The van der Waals surface area contributed by atoms with Gasteiger partial charge >= 0.3 is 5.97 Å². The molecule has 1 aliphatic rings. The molecule has 0 fully saturated rings. The third-order valence-electron chi connectivity index (χ3n) is 1.52. The van der Waals surface area contributed by atoms with E-state index in [1.807, 2.05) is 0 Å². The smallest absolute Gasteiger partial charge is 0.310 e. The topological polar surface area (TPSA) is 55.0 Å². The summed E-state index contributed by atoms with van der Waals surface area (Å²) >= 11 is 0. The van der Waals surface area contributed by atoms with Crippen molar-refractivity contribution in [1.82, 2.24) is 10.2 Å².